The number of hydrogen-bond donors (Lipinski definition) is 1. The third-order valence-electron chi connectivity index (χ3n) is 6.76. The smallest absolute Gasteiger partial charge is 0.306 e. The Bertz CT molecular complexity index is 1350. The Morgan fingerprint density at radius 3 is 2.68 bits per heavy atom. The van der Waals surface area contributed by atoms with Gasteiger partial charge < -0.3 is 28.5 Å². The number of benzene rings is 2. The van der Waals surface area contributed by atoms with E-state index in [0.717, 1.165) is 19.5 Å². The topological polar surface area (TPSA) is 108 Å². The maximum Gasteiger partial charge on any atom is 0.306 e. The number of rotatable bonds is 7. The van der Waals surface area contributed by atoms with Crippen molar-refractivity contribution in [3.05, 3.63) is 80.9 Å². The molecular formula is C28H29NO8. The molecule has 0 amide bonds. The molecule has 0 saturated carbocycles. The van der Waals surface area contributed by atoms with E-state index in [2.05, 4.69) is 17.0 Å². The van der Waals surface area contributed by atoms with Gasteiger partial charge in [-0.05, 0) is 35.2 Å². The van der Waals surface area contributed by atoms with Crippen molar-refractivity contribution in [2.75, 3.05) is 34.0 Å². The molecule has 1 N–H and O–H groups in total. The molecular weight excluding hydrogens is 478 g/mol. The molecule has 1 atom stereocenters. The highest BCUT2D eigenvalue weighted by Crippen LogP contribution is 2.44. The zero-order valence-electron chi connectivity index (χ0n) is 20.8. The first-order valence-corrected chi connectivity index (χ1v) is 12.2. The molecule has 2 aliphatic heterocycles. The molecule has 0 radical (unpaired) electrons. The van der Waals surface area contributed by atoms with Crippen LogP contribution >= 0.6 is 0 Å². The van der Waals surface area contributed by atoms with E-state index in [0.29, 0.717) is 48.3 Å². The van der Waals surface area contributed by atoms with E-state index in [-0.39, 0.29) is 12.2 Å². The number of methoxy groups -OCH3 is 2. The van der Waals surface area contributed by atoms with Gasteiger partial charge in [-0.1, -0.05) is 24.3 Å². The van der Waals surface area contributed by atoms with Gasteiger partial charge in [0.1, 0.15) is 19.0 Å². The lowest BCUT2D eigenvalue weighted by Gasteiger charge is -2.28. The van der Waals surface area contributed by atoms with Crippen LogP contribution in [-0.4, -0.2) is 50.0 Å². The van der Waals surface area contributed by atoms with Gasteiger partial charge in [-0.3, -0.25) is 14.5 Å². The van der Waals surface area contributed by atoms with Gasteiger partial charge in [0.05, 0.1) is 33.1 Å². The van der Waals surface area contributed by atoms with Crippen LogP contribution in [0.15, 0.2) is 51.7 Å². The minimum Gasteiger partial charge on any atom is -0.502 e. The molecule has 5 rings (SSSR count). The Kier molecular flexibility index (Phi) is 7.05. The largest absolute Gasteiger partial charge is 0.502 e. The number of carbonyl (C=O) groups excluding carboxylic acids is 1. The molecule has 9 nitrogen and oxygen atoms in total. The molecule has 0 aliphatic carbocycles. The number of aromatic hydroxyl groups is 1. The van der Waals surface area contributed by atoms with Gasteiger partial charge in [-0.2, -0.15) is 0 Å². The van der Waals surface area contributed by atoms with Crippen molar-refractivity contribution < 1.29 is 33.3 Å². The summed E-state index contributed by atoms with van der Waals surface area (Å²) in [7, 11) is 2.78. The highest BCUT2D eigenvalue weighted by atomic mass is 16.6. The lowest BCUT2D eigenvalue weighted by Crippen LogP contribution is -2.30. The van der Waals surface area contributed by atoms with E-state index in [1.807, 2.05) is 12.1 Å². The van der Waals surface area contributed by atoms with Crippen molar-refractivity contribution in [1.29, 1.82) is 0 Å². The van der Waals surface area contributed by atoms with Crippen LogP contribution < -0.4 is 19.6 Å². The van der Waals surface area contributed by atoms with Crippen molar-refractivity contribution in [1.82, 2.24) is 4.90 Å². The monoisotopic (exact) mass is 507 g/mol. The second kappa shape index (κ2) is 10.6. The third kappa shape index (κ3) is 5.13. The zero-order valence-corrected chi connectivity index (χ0v) is 20.8. The molecule has 0 spiro atoms. The van der Waals surface area contributed by atoms with Gasteiger partial charge >= 0.3 is 5.97 Å². The maximum absolute atomic E-state index is 12.8. The van der Waals surface area contributed by atoms with Crippen molar-refractivity contribution in [2.45, 2.75) is 31.8 Å². The van der Waals surface area contributed by atoms with E-state index in [1.165, 1.54) is 31.4 Å². The summed E-state index contributed by atoms with van der Waals surface area (Å²) in [5.74, 6) is -0.200. The lowest BCUT2D eigenvalue weighted by atomic mass is 9.91. The predicted octanol–water partition coefficient (Wildman–Crippen LogP) is 3.38. The molecule has 9 heteroatoms. The Balaban J connectivity index is 1.52. The van der Waals surface area contributed by atoms with Gasteiger partial charge in [0.15, 0.2) is 17.3 Å². The molecule has 3 aromatic rings. The van der Waals surface area contributed by atoms with Crippen LogP contribution in [0.2, 0.25) is 0 Å². The normalized spacial score (nSPS) is 15.5. The zero-order chi connectivity index (χ0) is 25.9. The first-order chi connectivity index (χ1) is 18.0. The number of hydrogen-bond acceptors (Lipinski definition) is 9. The summed E-state index contributed by atoms with van der Waals surface area (Å²) in [4.78, 5) is 27.4. The van der Waals surface area contributed by atoms with E-state index in [9.17, 15) is 14.7 Å². The molecule has 2 aliphatic rings. The first-order valence-electron chi connectivity index (χ1n) is 12.2. The molecule has 0 bridgehead atoms. The summed E-state index contributed by atoms with van der Waals surface area (Å²) in [5.41, 5.74) is 2.53. The molecule has 0 unspecified atom stereocenters. The number of fused-ring (bicyclic) bond motifs is 2. The maximum atomic E-state index is 12.8. The minimum atomic E-state index is -0.827. The Hall–Kier alpha value is -3.98. The highest BCUT2D eigenvalue weighted by Gasteiger charge is 2.30. The van der Waals surface area contributed by atoms with Gasteiger partial charge in [-0.15, -0.1) is 0 Å². The average molecular weight is 508 g/mol. The van der Waals surface area contributed by atoms with E-state index < -0.39 is 23.1 Å². The van der Waals surface area contributed by atoms with Crippen molar-refractivity contribution in [3.8, 4) is 23.0 Å². The fraction of sp³-hybridized carbons (Fsp3) is 0.357. The Morgan fingerprint density at radius 2 is 1.89 bits per heavy atom. The van der Waals surface area contributed by atoms with Crippen LogP contribution in [0.1, 0.15) is 40.5 Å². The summed E-state index contributed by atoms with van der Waals surface area (Å²) < 4.78 is 28.0. The van der Waals surface area contributed by atoms with Crippen molar-refractivity contribution in [3.63, 3.8) is 0 Å². The van der Waals surface area contributed by atoms with Crippen molar-refractivity contribution in [2.24, 2.45) is 0 Å². The van der Waals surface area contributed by atoms with Crippen LogP contribution in [0, 0.1) is 0 Å². The van der Waals surface area contributed by atoms with E-state index in [1.54, 1.807) is 12.1 Å². The van der Waals surface area contributed by atoms with E-state index >= 15 is 0 Å². The fourth-order valence-corrected chi connectivity index (χ4v) is 4.89. The summed E-state index contributed by atoms with van der Waals surface area (Å²) in [5, 5.41) is 10.8. The Morgan fingerprint density at radius 1 is 1.11 bits per heavy atom. The van der Waals surface area contributed by atoms with Crippen LogP contribution in [0.3, 0.4) is 0 Å². The number of ether oxygens (including phenoxy) is 4. The number of esters is 1. The molecule has 37 heavy (non-hydrogen) atoms. The van der Waals surface area contributed by atoms with E-state index in [4.69, 9.17) is 23.4 Å². The number of nitrogens with zero attached hydrogens (tertiary/aromatic N) is 1. The number of carbonyl (C=O) groups is 1. The average Bonchev–Trinajstić information content (AvgIpc) is 2.92. The standard InChI is InChI=1S/C28H29NO8/c1-33-23-11-19(12-24-28(23)36-10-9-35-24)21(14-25(31)34-2)27-26(32)22(30)13-20(37-27)16-29-8-7-17-5-3-4-6-18(17)15-29/h3-6,11-13,21,32H,7-10,14-16H2,1-2H3/t21-/m1/s1. The second-order valence-corrected chi connectivity index (χ2v) is 9.10. The van der Waals surface area contributed by atoms with Crippen LogP contribution in [-0.2, 0) is 29.0 Å². The SMILES string of the molecule is COC(=O)C[C@H](c1cc(OC)c2c(c1)OCCO2)c1oc(CN2CCc3ccccc3C2)cc(=O)c1O. The summed E-state index contributed by atoms with van der Waals surface area (Å²) in [6.07, 6.45) is 0.726. The third-order valence-corrected chi connectivity index (χ3v) is 6.76. The molecule has 194 valence electrons. The molecule has 0 fully saturated rings. The van der Waals surface area contributed by atoms with Crippen LogP contribution in [0.5, 0.6) is 23.0 Å². The van der Waals surface area contributed by atoms with Crippen LogP contribution in [0.4, 0.5) is 0 Å². The quantitative estimate of drug-likeness (QED) is 0.482. The second-order valence-electron chi connectivity index (χ2n) is 9.10. The van der Waals surface area contributed by atoms with Gasteiger partial charge in [-0.25, -0.2) is 0 Å². The highest BCUT2D eigenvalue weighted by molar-refractivity contribution is 5.71. The molecule has 1 aromatic heterocycles. The summed E-state index contributed by atoms with van der Waals surface area (Å²) >= 11 is 0. The Labute approximate surface area is 214 Å². The van der Waals surface area contributed by atoms with Gasteiger partial charge in [0.25, 0.3) is 0 Å². The molecule has 0 saturated heterocycles. The summed E-state index contributed by atoms with van der Waals surface area (Å²) in [6.45, 7) is 2.65. The molecule has 3 heterocycles. The predicted molar refractivity (Wildman–Crippen MR) is 133 cm³/mol. The molecule has 2 aromatic carbocycles. The first kappa shape index (κ1) is 24.7. The van der Waals surface area contributed by atoms with Gasteiger partial charge in [0, 0.05) is 19.2 Å². The van der Waals surface area contributed by atoms with Crippen LogP contribution in [0.25, 0.3) is 0 Å². The van der Waals surface area contributed by atoms with Gasteiger partial charge in [0.2, 0.25) is 16.9 Å². The van der Waals surface area contributed by atoms with Crippen molar-refractivity contribution >= 4 is 5.97 Å². The fourth-order valence-electron chi connectivity index (χ4n) is 4.89. The lowest BCUT2D eigenvalue weighted by molar-refractivity contribution is -0.140. The summed E-state index contributed by atoms with van der Waals surface area (Å²) in [6, 6.07) is 13.0. The minimum absolute atomic E-state index is 0.0101.